The minimum absolute atomic E-state index is 0.160. The largest absolute Gasteiger partial charge is 0.467 e. The Labute approximate surface area is 134 Å². The van der Waals surface area contributed by atoms with E-state index < -0.39 is 0 Å². The first-order chi connectivity index (χ1) is 10.2. The summed E-state index contributed by atoms with van der Waals surface area (Å²) in [7, 11) is 1.46. The van der Waals surface area contributed by atoms with Gasteiger partial charge in [0.25, 0.3) is 0 Å². The Balaban J connectivity index is 2.65. The second-order valence-corrected chi connectivity index (χ2v) is 7.08. The molecule has 0 amide bonds. The quantitative estimate of drug-likeness (QED) is 0.784. The zero-order valence-corrected chi connectivity index (χ0v) is 14.7. The predicted molar refractivity (Wildman–Crippen MR) is 92.0 cm³/mol. The van der Waals surface area contributed by atoms with Crippen molar-refractivity contribution in [2.75, 3.05) is 12.0 Å². The number of ether oxygens (including phenoxy) is 1. The molecule has 120 valence electrons. The van der Waals surface area contributed by atoms with Crippen LogP contribution in [0.25, 0.3) is 5.57 Å². The smallest absolute Gasteiger partial charge is 0.328 e. The molecule has 0 bridgehead atoms. The van der Waals surface area contributed by atoms with E-state index in [9.17, 15) is 4.79 Å². The number of hydrogen-bond donors (Lipinski definition) is 0. The van der Waals surface area contributed by atoms with E-state index in [2.05, 4.69) is 70.7 Å². The zero-order chi connectivity index (χ0) is 16.7. The van der Waals surface area contributed by atoms with Gasteiger partial charge in [0.2, 0.25) is 0 Å². The molecule has 0 spiro atoms. The van der Waals surface area contributed by atoms with Crippen LogP contribution in [0, 0.1) is 12.8 Å². The van der Waals surface area contributed by atoms with Crippen LogP contribution < -0.4 is 4.90 Å². The van der Waals surface area contributed by atoms with Crippen LogP contribution in [0.3, 0.4) is 0 Å². The summed E-state index contributed by atoms with van der Waals surface area (Å²) in [4.78, 5) is 14.6. The Bertz CT molecular complexity index is 614. The Morgan fingerprint density at radius 2 is 1.86 bits per heavy atom. The summed E-state index contributed by atoms with van der Waals surface area (Å²) in [6.45, 7) is 12.7. The van der Waals surface area contributed by atoms with Gasteiger partial charge in [-0.3, -0.25) is 0 Å². The molecule has 0 aliphatic carbocycles. The molecule has 3 heteroatoms. The van der Waals surface area contributed by atoms with Crippen LogP contribution in [0.1, 0.15) is 45.7 Å². The Morgan fingerprint density at radius 3 is 2.41 bits per heavy atom. The highest BCUT2D eigenvalue weighted by Gasteiger charge is 2.41. The van der Waals surface area contributed by atoms with E-state index in [0.29, 0.717) is 0 Å². The molecule has 1 aliphatic rings. The molecule has 3 nitrogen and oxygen atoms in total. The van der Waals surface area contributed by atoms with E-state index in [1.165, 1.54) is 23.8 Å². The standard InChI is InChI=1S/C19H27NO2/c1-12(2)17(18(21)22-7)20-16-9-8-13(3)10-15(16)14(4)11-19(20,5)6/h8-12,17H,1-7H3. The van der Waals surface area contributed by atoms with Gasteiger partial charge in [0.15, 0.2) is 0 Å². The summed E-state index contributed by atoms with van der Waals surface area (Å²) in [5, 5.41) is 0. The highest BCUT2D eigenvalue weighted by molar-refractivity contribution is 5.87. The Hall–Kier alpha value is -1.77. The average molecular weight is 301 g/mol. The van der Waals surface area contributed by atoms with Crippen LogP contribution in [0.15, 0.2) is 24.3 Å². The number of benzene rings is 1. The molecule has 0 N–H and O–H groups in total. The Morgan fingerprint density at radius 1 is 1.23 bits per heavy atom. The van der Waals surface area contributed by atoms with Crippen molar-refractivity contribution in [3.8, 4) is 0 Å². The molecule has 1 aromatic rings. The van der Waals surface area contributed by atoms with E-state index in [-0.39, 0.29) is 23.5 Å². The molecule has 2 rings (SSSR count). The minimum Gasteiger partial charge on any atom is -0.467 e. The van der Waals surface area contributed by atoms with Crippen LogP contribution in [-0.4, -0.2) is 24.7 Å². The van der Waals surface area contributed by atoms with E-state index >= 15 is 0 Å². The number of aryl methyl sites for hydroxylation is 1. The van der Waals surface area contributed by atoms with Crippen molar-refractivity contribution in [1.29, 1.82) is 0 Å². The summed E-state index contributed by atoms with van der Waals surface area (Å²) in [6.07, 6.45) is 2.24. The summed E-state index contributed by atoms with van der Waals surface area (Å²) >= 11 is 0. The number of methoxy groups -OCH3 is 1. The maximum Gasteiger partial charge on any atom is 0.328 e. The number of fused-ring (bicyclic) bond motifs is 1. The molecule has 0 aromatic heterocycles. The van der Waals surface area contributed by atoms with Crippen molar-refractivity contribution < 1.29 is 9.53 Å². The van der Waals surface area contributed by atoms with Gasteiger partial charge in [-0.2, -0.15) is 0 Å². The second kappa shape index (κ2) is 5.79. The van der Waals surface area contributed by atoms with E-state index in [1.807, 2.05) is 0 Å². The van der Waals surface area contributed by atoms with Crippen LogP contribution in [0.4, 0.5) is 5.69 Å². The molecular formula is C19H27NO2. The van der Waals surface area contributed by atoms with Crippen molar-refractivity contribution >= 4 is 17.2 Å². The first kappa shape index (κ1) is 16.6. The highest BCUT2D eigenvalue weighted by atomic mass is 16.5. The molecule has 1 unspecified atom stereocenters. The number of allylic oxidation sites excluding steroid dienone is 1. The number of rotatable bonds is 3. The summed E-state index contributed by atoms with van der Waals surface area (Å²) in [6, 6.07) is 6.12. The summed E-state index contributed by atoms with van der Waals surface area (Å²) in [5.41, 5.74) is 4.56. The van der Waals surface area contributed by atoms with Crippen molar-refractivity contribution in [1.82, 2.24) is 0 Å². The molecule has 22 heavy (non-hydrogen) atoms. The first-order valence-electron chi connectivity index (χ1n) is 7.86. The van der Waals surface area contributed by atoms with Gasteiger partial charge in [0.1, 0.15) is 6.04 Å². The van der Waals surface area contributed by atoms with Gasteiger partial charge in [0, 0.05) is 11.3 Å². The van der Waals surface area contributed by atoms with Crippen molar-refractivity contribution in [2.45, 2.75) is 53.1 Å². The van der Waals surface area contributed by atoms with Crippen LogP contribution >= 0.6 is 0 Å². The fraction of sp³-hybridized carbons (Fsp3) is 0.526. The lowest BCUT2D eigenvalue weighted by molar-refractivity contribution is -0.143. The Kier molecular flexibility index (Phi) is 4.37. The maximum atomic E-state index is 12.4. The fourth-order valence-electron chi connectivity index (χ4n) is 3.47. The minimum atomic E-state index is -0.300. The molecule has 0 fully saturated rings. The first-order valence-corrected chi connectivity index (χ1v) is 7.86. The van der Waals surface area contributed by atoms with Crippen LogP contribution in [0.2, 0.25) is 0 Å². The molecule has 0 saturated heterocycles. The molecule has 1 aliphatic heterocycles. The third-order valence-electron chi connectivity index (χ3n) is 4.38. The molecular weight excluding hydrogens is 274 g/mol. The van der Waals surface area contributed by atoms with Crippen LogP contribution in [0.5, 0.6) is 0 Å². The molecule has 1 aromatic carbocycles. The third-order valence-corrected chi connectivity index (χ3v) is 4.38. The maximum absolute atomic E-state index is 12.4. The summed E-state index contributed by atoms with van der Waals surface area (Å²) in [5.74, 6) is -0.0183. The number of carbonyl (C=O) groups is 1. The van der Waals surface area contributed by atoms with Gasteiger partial charge in [-0.15, -0.1) is 0 Å². The number of anilines is 1. The molecule has 0 saturated carbocycles. The molecule has 1 atom stereocenters. The highest BCUT2D eigenvalue weighted by Crippen LogP contribution is 2.41. The zero-order valence-electron chi connectivity index (χ0n) is 14.7. The number of nitrogens with zero attached hydrogens (tertiary/aromatic N) is 1. The molecule has 0 radical (unpaired) electrons. The normalized spacial score (nSPS) is 17.8. The van der Waals surface area contributed by atoms with Gasteiger partial charge >= 0.3 is 5.97 Å². The van der Waals surface area contributed by atoms with Crippen molar-refractivity contribution in [3.05, 3.63) is 35.4 Å². The third kappa shape index (κ3) is 2.77. The van der Waals surface area contributed by atoms with Crippen molar-refractivity contribution in [2.24, 2.45) is 5.92 Å². The molecule has 1 heterocycles. The monoisotopic (exact) mass is 301 g/mol. The number of hydrogen-bond acceptors (Lipinski definition) is 3. The summed E-state index contributed by atoms with van der Waals surface area (Å²) < 4.78 is 5.08. The predicted octanol–water partition coefficient (Wildman–Crippen LogP) is 4.19. The topological polar surface area (TPSA) is 29.5 Å². The van der Waals surface area contributed by atoms with E-state index in [0.717, 1.165) is 5.69 Å². The fourth-order valence-corrected chi connectivity index (χ4v) is 3.47. The lowest BCUT2D eigenvalue weighted by Crippen LogP contribution is -2.56. The van der Waals surface area contributed by atoms with E-state index in [1.54, 1.807) is 0 Å². The second-order valence-electron chi connectivity index (χ2n) is 7.08. The number of esters is 1. The van der Waals surface area contributed by atoms with Gasteiger partial charge < -0.3 is 9.64 Å². The van der Waals surface area contributed by atoms with Crippen molar-refractivity contribution in [3.63, 3.8) is 0 Å². The van der Waals surface area contributed by atoms with Gasteiger partial charge in [-0.1, -0.05) is 31.6 Å². The van der Waals surface area contributed by atoms with Gasteiger partial charge in [-0.25, -0.2) is 4.79 Å². The lowest BCUT2D eigenvalue weighted by Gasteiger charge is -2.48. The van der Waals surface area contributed by atoms with Crippen LogP contribution in [-0.2, 0) is 9.53 Å². The van der Waals surface area contributed by atoms with E-state index in [4.69, 9.17) is 4.74 Å². The van der Waals surface area contributed by atoms with Gasteiger partial charge in [0.05, 0.1) is 12.6 Å². The average Bonchev–Trinajstić information content (AvgIpc) is 2.42. The SMILES string of the molecule is COC(=O)C(C(C)C)N1c2ccc(C)cc2C(C)=CC1(C)C. The number of carbonyl (C=O) groups excluding carboxylic acids is 1. The lowest BCUT2D eigenvalue weighted by atomic mass is 9.84. The van der Waals surface area contributed by atoms with Gasteiger partial charge in [-0.05, 0) is 51.3 Å².